The molecule has 1 N–H and O–H groups in total. The van der Waals surface area contributed by atoms with Gasteiger partial charge >= 0.3 is 6.09 Å². The smallest absolute Gasteiger partial charge is 0.407 e. The Morgan fingerprint density at radius 1 is 1.25 bits per heavy atom. The van der Waals surface area contributed by atoms with E-state index in [0.29, 0.717) is 0 Å². The third kappa shape index (κ3) is 2.06. The van der Waals surface area contributed by atoms with E-state index < -0.39 is 29.6 Å². The zero-order valence-electron chi connectivity index (χ0n) is 7.80. The van der Waals surface area contributed by atoms with Crippen LogP contribution in [0.3, 0.4) is 0 Å². The van der Waals surface area contributed by atoms with Gasteiger partial charge in [-0.1, -0.05) is 6.07 Å². The Hall–Kier alpha value is -1.43. The van der Waals surface area contributed by atoms with Gasteiger partial charge in [0.15, 0.2) is 17.5 Å². The van der Waals surface area contributed by atoms with Crippen molar-refractivity contribution >= 4 is 18.5 Å². The summed E-state index contributed by atoms with van der Waals surface area (Å²) in [5.41, 5.74) is -0.125. The summed E-state index contributed by atoms with van der Waals surface area (Å²) < 4.78 is 43.2. The van der Waals surface area contributed by atoms with E-state index in [-0.39, 0.29) is 24.6 Å². The van der Waals surface area contributed by atoms with Crippen molar-refractivity contribution in [2.75, 3.05) is 6.61 Å². The highest BCUT2D eigenvalue weighted by molar-refractivity contribution is 5.85. The third-order valence-corrected chi connectivity index (χ3v) is 2.11. The summed E-state index contributed by atoms with van der Waals surface area (Å²) in [5, 5.41) is 2.27. The molecule has 1 fully saturated rings. The van der Waals surface area contributed by atoms with E-state index in [1.165, 1.54) is 0 Å². The topological polar surface area (TPSA) is 38.3 Å². The lowest BCUT2D eigenvalue weighted by Crippen LogP contribution is -2.20. The van der Waals surface area contributed by atoms with E-state index in [2.05, 4.69) is 10.1 Å². The van der Waals surface area contributed by atoms with E-state index in [9.17, 15) is 18.0 Å². The number of halogens is 4. The summed E-state index contributed by atoms with van der Waals surface area (Å²) in [5.74, 6) is -4.11. The first-order chi connectivity index (χ1) is 7.09. The molecule has 2 rings (SSSR count). The number of ether oxygens (including phenoxy) is 1. The lowest BCUT2D eigenvalue weighted by molar-refractivity contribution is 0.176. The summed E-state index contributed by atoms with van der Waals surface area (Å²) in [6.07, 6.45) is -0.705. The highest BCUT2D eigenvalue weighted by Crippen LogP contribution is 2.24. The SMILES string of the molecule is Cl.O=C1N[C@@H](c2ccc(F)c(F)c2F)CO1. The second kappa shape index (κ2) is 4.61. The van der Waals surface area contributed by atoms with Crippen molar-refractivity contribution in [3.8, 4) is 0 Å². The minimum Gasteiger partial charge on any atom is -0.447 e. The van der Waals surface area contributed by atoms with E-state index in [1.807, 2.05) is 0 Å². The quantitative estimate of drug-likeness (QED) is 0.780. The maximum atomic E-state index is 13.2. The Balaban J connectivity index is 0.00000128. The fraction of sp³-hybridized carbons (Fsp3) is 0.222. The summed E-state index contributed by atoms with van der Waals surface area (Å²) in [7, 11) is 0. The summed E-state index contributed by atoms with van der Waals surface area (Å²) in [4.78, 5) is 10.7. The zero-order valence-corrected chi connectivity index (χ0v) is 8.61. The van der Waals surface area contributed by atoms with Crippen molar-refractivity contribution in [3.63, 3.8) is 0 Å². The molecule has 1 aromatic carbocycles. The Bertz CT molecular complexity index is 427. The Labute approximate surface area is 95.0 Å². The molecule has 0 aliphatic carbocycles. The molecule has 1 atom stereocenters. The van der Waals surface area contributed by atoms with Gasteiger partial charge in [0.2, 0.25) is 0 Å². The first kappa shape index (κ1) is 12.6. The maximum Gasteiger partial charge on any atom is 0.407 e. The monoisotopic (exact) mass is 253 g/mol. The van der Waals surface area contributed by atoms with Gasteiger partial charge in [0.05, 0.1) is 6.04 Å². The van der Waals surface area contributed by atoms with E-state index in [4.69, 9.17) is 0 Å². The molecule has 88 valence electrons. The van der Waals surface area contributed by atoms with Gasteiger partial charge < -0.3 is 10.1 Å². The van der Waals surface area contributed by atoms with Gasteiger partial charge in [0.25, 0.3) is 0 Å². The molecule has 1 aliphatic heterocycles. The summed E-state index contributed by atoms with van der Waals surface area (Å²) in [6.45, 7) is -0.0964. The van der Waals surface area contributed by atoms with Crippen molar-refractivity contribution in [2.45, 2.75) is 6.04 Å². The molecule has 1 aromatic rings. The van der Waals surface area contributed by atoms with E-state index in [0.717, 1.165) is 12.1 Å². The van der Waals surface area contributed by atoms with Crippen LogP contribution in [-0.2, 0) is 4.74 Å². The Morgan fingerprint density at radius 2 is 1.94 bits per heavy atom. The zero-order chi connectivity index (χ0) is 11.0. The number of cyclic esters (lactones) is 1. The molecule has 1 heterocycles. The lowest BCUT2D eigenvalue weighted by Gasteiger charge is -2.09. The minimum atomic E-state index is -1.55. The van der Waals surface area contributed by atoms with Crippen molar-refractivity contribution < 1.29 is 22.7 Å². The predicted molar refractivity (Wildman–Crippen MR) is 50.8 cm³/mol. The number of amides is 1. The van der Waals surface area contributed by atoms with Crippen LogP contribution in [-0.4, -0.2) is 12.7 Å². The van der Waals surface area contributed by atoms with Crippen LogP contribution in [0.4, 0.5) is 18.0 Å². The molecule has 16 heavy (non-hydrogen) atoms. The van der Waals surface area contributed by atoms with Gasteiger partial charge in [-0.2, -0.15) is 0 Å². The molecule has 0 bridgehead atoms. The van der Waals surface area contributed by atoms with Gasteiger partial charge in [0.1, 0.15) is 6.61 Å². The van der Waals surface area contributed by atoms with Gasteiger partial charge in [-0.15, -0.1) is 12.4 Å². The second-order valence-corrected chi connectivity index (χ2v) is 3.06. The number of nitrogens with one attached hydrogen (secondary N) is 1. The van der Waals surface area contributed by atoms with Gasteiger partial charge in [-0.25, -0.2) is 18.0 Å². The van der Waals surface area contributed by atoms with Crippen LogP contribution < -0.4 is 5.32 Å². The standard InChI is InChI=1S/C9H6F3NO2.ClH/c10-5-2-1-4(7(11)8(5)12)6-3-15-9(14)13-6;/h1-2,6H,3H2,(H,13,14);1H/t6-;/m1./s1. The average Bonchev–Trinajstić information content (AvgIpc) is 2.61. The normalized spacial score (nSPS) is 18.7. The minimum absolute atomic E-state index is 0. The fourth-order valence-electron chi connectivity index (χ4n) is 1.36. The molecule has 0 spiro atoms. The molecule has 1 saturated heterocycles. The summed E-state index contributed by atoms with van der Waals surface area (Å²) >= 11 is 0. The van der Waals surface area contributed by atoms with Crippen molar-refractivity contribution in [3.05, 3.63) is 35.1 Å². The van der Waals surface area contributed by atoms with Crippen molar-refractivity contribution in [2.24, 2.45) is 0 Å². The van der Waals surface area contributed by atoms with Crippen LogP contribution in [0.15, 0.2) is 12.1 Å². The molecule has 1 aliphatic rings. The third-order valence-electron chi connectivity index (χ3n) is 2.11. The van der Waals surface area contributed by atoms with Gasteiger partial charge in [-0.05, 0) is 6.07 Å². The van der Waals surface area contributed by atoms with Crippen LogP contribution in [0, 0.1) is 17.5 Å². The van der Waals surface area contributed by atoms with Gasteiger partial charge in [-0.3, -0.25) is 0 Å². The van der Waals surface area contributed by atoms with Crippen molar-refractivity contribution in [1.82, 2.24) is 5.32 Å². The molecular formula is C9H7ClF3NO2. The highest BCUT2D eigenvalue weighted by Gasteiger charge is 2.28. The number of hydrogen-bond donors (Lipinski definition) is 1. The Kier molecular flexibility index (Phi) is 3.64. The molecule has 7 heteroatoms. The van der Waals surface area contributed by atoms with Crippen LogP contribution in [0.25, 0.3) is 0 Å². The van der Waals surface area contributed by atoms with E-state index in [1.54, 1.807) is 0 Å². The number of benzene rings is 1. The van der Waals surface area contributed by atoms with Crippen LogP contribution in [0.5, 0.6) is 0 Å². The number of carbonyl (C=O) groups is 1. The second-order valence-electron chi connectivity index (χ2n) is 3.06. The summed E-state index contributed by atoms with van der Waals surface area (Å²) in [6, 6.07) is 1.11. The average molecular weight is 254 g/mol. The molecule has 1 amide bonds. The van der Waals surface area contributed by atoms with E-state index >= 15 is 0 Å². The molecule has 0 aromatic heterocycles. The molecule has 0 unspecified atom stereocenters. The molecule has 0 saturated carbocycles. The number of hydrogen-bond acceptors (Lipinski definition) is 2. The van der Waals surface area contributed by atoms with Gasteiger partial charge in [0, 0.05) is 5.56 Å². The highest BCUT2D eigenvalue weighted by atomic mass is 35.5. The van der Waals surface area contributed by atoms with Crippen LogP contribution >= 0.6 is 12.4 Å². The number of carbonyl (C=O) groups excluding carboxylic acids is 1. The first-order valence-electron chi connectivity index (χ1n) is 4.16. The number of alkyl carbamates (subject to hydrolysis) is 1. The largest absolute Gasteiger partial charge is 0.447 e. The first-order valence-corrected chi connectivity index (χ1v) is 4.16. The van der Waals surface area contributed by atoms with Crippen molar-refractivity contribution in [1.29, 1.82) is 0 Å². The lowest BCUT2D eigenvalue weighted by atomic mass is 10.1. The molecule has 3 nitrogen and oxygen atoms in total. The maximum absolute atomic E-state index is 13.2. The number of rotatable bonds is 1. The predicted octanol–water partition coefficient (Wildman–Crippen LogP) is 2.31. The van der Waals surface area contributed by atoms with Crippen LogP contribution in [0.2, 0.25) is 0 Å². The molecular weight excluding hydrogens is 247 g/mol. The Morgan fingerprint density at radius 3 is 2.50 bits per heavy atom. The van der Waals surface area contributed by atoms with Crippen LogP contribution in [0.1, 0.15) is 11.6 Å². The fourth-order valence-corrected chi connectivity index (χ4v) is 1.36. The molecule has 0 radical (unpaired) electrons.